The molecule has 0 spiro atoms. The summed E-state index contributed by atoms with van der Waals surface area (Å²) in [5, 5.41) is 0. The first-order valence-corrected chi connectivity index (χ1v) is 11.6. The Morgan fingerprint density at radius 1 is 1.00 bits per heavy atom. The molecule has 0 aliphatic rings. The van der Waals surface area contributed by atoms with Crippen molar-refractivity contribution < 1.29 is 21.9 Å². The molecule has 0 atom stereocenters. The number of anilines is 1. The molecule has 1 N–H and O–H groups in total. The molecule has 0 unspecified atom stereocenters. The van der Waals surface area contributed by atoms with Gasteiger partial charge in [-0.2, -0.15) is 0 Å². The topological polar surface area (TPSA) is 90.3 Å². The van der Waals surface area contributed by atoms with E-state index in [2.05, 4.69) is 9.71 Å². The SMILES string of the molecule is Cc1nc2cc(-c3cc(NS(C)(=O)=O)ccc3Oc3ccc(F)cc3F)ccc2n(C)c1=O. The first kappa shape index (κ1) is 22.4. The fourth-order valence-electron chi connectivity index (χ4n) is 3.44. The molecule has 0 aliphatic heterocycles. The number of sulfonamides is 1. The molecule has 4 rings (SSSR count). The molecule has 170 valence electrons. The standard InChI is InChI=1S/C23H19F2N3O4S/c1-13-23(29)28(2)20-7-4-14(10-19(20)26-13)17-12-16(27-33(3,30)31)6-9-21(17)32-22-8-5-15(24)11-18(22)25/h4-12,27H,1-3H3. The zero-order valence-corrected chi connectivity index (χ0v) is 18.7. The minimum absolute atomic E-state index is 0.196. The van der Waals surface area contributed by atoms with E-state index < -0.39 is 21.7 Å². The van der Waals surface area contributed by atoms with Gasteiger partial charge in [0.25, 0.3) is 5.56 Å². The molecule has 0 fully saturated rings. The molecule has 0 saturated carbocycles. The number of rotatable bonds is 5. The van der Waals surface area contributed by atoms with Crippen LogP contribution in [0.15, 0.2) is 59.4 Å². The van der Waals surface area contributed by atoms with Crippen LogP contribution in [0.1, 0.15) is 5.69 Å². The summed E-state index contributed by atoms with van der Waals surface area (Å²) in [6, 6.07) is 12.6. The second kappa shape index (κ2) is 8.28. The average Bonchev–Trinajstić information content (AvgIpc) is 2.73. The number of aromatic nitrogens is 2. The van der Waals surface area contributed by atoms with Crippen LogP contribution in [0.4, 0.5) is 14.5 Å². The summed E-state index contributed by atoms with van der Waals surface area (Å²) in [4.78, 5) is 16.5. The number of halogens is 2. The largest absolute Gasteiger partial charge is 0.454 e. The Morgan fingerprint density at radius 2 is 1.73 bits per heavy atom. The van der Waals surface area contributed by atoms with Crippen molar-refractivity contribution in [3.8, 4) is 22.6 Å². The zero-order chi connectivity index (χ0) is 23.9. The van der Waals surface area contributed by atoms with Crippen molar-refractivity contribution in [3.05, 3.63) is 82.3 Å². The predicted octanol–water partition coefficient (Wildman–Crippen LogP) is 4.35. The molecular formula is C23H19F2N3O4S. The fraction of sp³-hybridized carbons (Fsp3) is 0.130. The van der Waals surface area contributed by atoms with Crippen molar-refractivity contribution in [2.75, 3.05) is 11.0 Å². The number of fused-ring (bicyclic) bond motifs is 1. The van der Waals surface area contributed by atoms with Crippen molar-refractivity contribution >= 4 is 26.7 Å². The van der Waals surface area contributed by atoms with E-state index in [4.69, 9.17) is 4.74 Å². The lowest BCUT2D eigenvalue weighted by molar-refractivity contribution is 0.439. The van der Waals surface area contributed by atoms with Crippen LogP contribution in [0.3, 0.4) is 0 Å². The molecular weight excluding hydrogens is 452 g/mol. The highest BCUT2D eigenvalue weighted by molar-refractivity contribution is 7.92. The normalized spacial score (nSPS) is 11.5. The summed E-state index contributed by atoms with van der Waals surface area (Å²) in [7, 11) is -1.91. The second-order valence-electron chi connectivity index (χ2n) is 7.53. The summed E-state index contributed by atoms with van der Waals surface area (Å²) in [5.74, 6) is -1.61. The van der Waals surface area contributed by atoms with Crippen molar-refractivity contribution in [1.29, 1.82) is 0 Å². The van der Waals surface area contributed by atoms with Gasteiger partial charge in [0.15, 0.2) is 11.6 Å². The van der Waals surface area contributed by atoms with Crippen molar-refractivity contribution in [1.82, 2.24) is 9.55 Å². The van der Waals surface area contributed by atoms with Gasteiger partial charge in [0.05, 0.1) is 17.3 Å². The third-order valence-corrected chi connectivity index (χ3v) is 5.55. The van der Waals surface area contributed by atoms with Crippen LogP contribution in [-0.2, 0) is 17.1 Å². The molecule has 1 heterocycles. The number of benzene rings is 3. The lowest BCUT2D eigenvalue weighted by Gasteiger charge is -2.15. The lowest BCUT2D eigenvalue weighted by Crippen LogP contribution is -2.21. The number of hydrogen-bond donors (Lipinski definition) is 1. The zero-order valence-electron chi connectivity index (χ0n) is 17.9. The summed E-state index contributed by atoms with van der Waals surface area (Å²) in [5.41, 5.74) is 2.53. The maximum absolute atomic E-state index is 14.2. The Morgan fingerprint density at radius 3 is 2.42 bits per heavy atom. The van der Waals surface area contributed by atoms with E-state index in [1.807, 2.05) is 0 Å². The number of aryl methyl sites for hydroxylation is 2. The van der Waals surface area contributed by atoms with Gasteiger partial charge in [-0.05, 0) is 55.0 Å². The van der Waals surface area contributed by atoms with Gasteiger partial charge in [0.2, 0.25) is 10.0 Å². The Hall–Kier alpha value is -3.79. The smallest absolute Gasteiger partial charge is 0.272 e. The first-order chi connectivity index (χ1) is 15.5. The molecule has 4 aromatic rings. The van der Waals surface area contributed by atoms with Gasteiger partial charge in [-0.15, -0.1) is 0 Å². The molecule has 0 bridgehead atoms. The van der Waals surface area contributed by atoms with Crippen LogP contribution >= 0.6 is 0 Å². The minimum atomic E-state index is -3.55. The van der Waals surface area contributed by atoms with Crippen molar-refractivity contribution in [2.24, 2.45) is 7.05 Å². The molecule has 3 aromatic carbocycles. The Bertz CT molecular complexity index is 1570. The van der Waals surface area contributed by atoms with E-state index >= 15 is 0 Å². The van der Waals surface area contributed by atoms with Gasteiger partial charge >= 0.3 is 0 Å². The third kappa shape index (κ3) is 4.70. The van der Waals surface area contributed by atoms with Gasteiger partial charge in [0, 0.05) is 24.4 Å². The minimum Gasteiger partial charge on any atom is -0.454 e. The number of nitrogens with one attached hydrogen (secondary N) is 1. The van der Waals surface area contributed by atoms with E-state index in [9.17, 15) is 22.0 Å². The highest BCUT2D eigenvalue weighted by Gasteiger charge is 2.15. The van der Waals surface area contributed by atoms with Crippen LogP contribution in [0.25, 0.3) is 22.2 Å². The van der Waals surface area contributed by atoms with Crippen LogP contribution in [0.5, 0.6) is 11.5 Å². The second-order valence-corrected chi connectivity index (χ2v) is 9.28. The van der Waals surface area contributed by atoms with Crippen LogP contribution in [0.2, 0.25) is 0 Å². The van der Waals surface area contributed by atoms with E-state index in [0.717, 1.165) is 18.4 Å². The Balaban J connectivity index is 1.89. The Labute approximate surface area is 188 Å². The van der Waals surface area contributed by atoms with Crippen LogP contribution in [0, 0.1) is 18.6 Å². The third-order valence-electron chi connectivity index (χ3n) is 4.95. The first-order valence-electron chi connectivity index (χ1n) is 9.74. The number of ether oxygens (including phenoxy) is 1. The average molecular weight is 471 g/mol. The van der Waals surface area contributed by atoms with E-state index in [-0.39, 0.29) is 22.7 Å². The number of nitrogens with zero attached hydrogens (tertiary/aromatic N) is 2. The van der Waals surface area contributed by atoms with E-state index in [0.29, 0.717) is 33.9 Å². The molecule has 0 amide bonds. The Kier molecular flexibility index (Phi) is 5.62. The molecule has 1 aromatic heterocycles. The highest BCUT2D eigenvalue weighted by Crippen LogP contribution is 2.37. The lowest BCUT2D eigenvalue weighted by atomic mass is 10.0. The summed E-state index contributed by atoms with van der Waals surface area (Å²) >= 11 is 0. The summed E-state index contributed by atoms with van der Waals surface area (Å²) in [6.45, 7) is 1.61. The van der Waals surface area contributed by atoms with Gasteiger partial charge in [-0.25, -0.2) is 22.2 Å². The molecule has 33 heavy (non-hydrogen) atoms. The number of hydrogen-bond acceptors (Lipinski definition) is 5. The van der Waals surface area contributed by atoms with Crippen molar-refractivity contribution in [3.63, 3.8) is 0 Å². The van der Waals surface area contributed by atoms with Gasteiger partial charge in [-0.3, -0.25) is 9.52 Å². The van der Waals surface area contributed by atoms with E-state index in [1.54, 1.807) is 32.2 Å². The highest BCUT2D eigenvalue weighted by atomic mass is 32.2. The van der Waals surface area contributed by atoms with Crippen LogP contribution < -0.4 is 15.0 Å². The quantitative estimate of drug-likeness (QED) is 0.467. The maximum Gasteiger partial charge on any atom is 0.272 e. The van der Waals surface area contributed by atoms with Gasteiger partial charge in [0.1, 0.15) is 17.3 Å². The predicted molar refractivity (Wildman–Crippen MR) is 122 cm³/mol. The molecule has 0 radical (unpaired) electrons. The summed E-state index contributed by atoms with van der Waals surface area (Å²) < 4.78 is 60.5. The molecule has 0 saturated heterocycles. The monoisotopic (exact) mass is 471 g/mol. The van der Waals surface area contributed by atoms with Gasteiger partial charge in [-0.1, -0.05) is 6.07 Å². The van der Waals surface area contributed by atoms with E-state index in [1.165, 1.54) is 22.8 Å². The maximum atomic E-state index is 14.2. The van der Waals surface area contributed by atoms with Crippen molar-refractivity contribution in [2.45, 2.75) is 6.92 Å². The molecule has 7 nitrogen and oxygen atoms in total. The fourth-order valence-corrected chi connectivity index (χ4v) is 4.00. The van der Waals surface area contributed by atoms with Gasteiger partial charge < -0.3 is 9.30 Å². The van der Waals surface area contributed by atoms with Crippen LogP contribution in [-0.4, -0.2) is 24.2 Å². The molecule has 0 aliphatic carbocycles. The summed E-state index contributed by atoms with van der Waals surface area (Å²) in [6.07, 6.45) is 1.02. The molecule has 10 heteroatoms.